The molecule has 0 saturated heterocycles. The fraction of sp³-hybridized carbons (Fsp3) is 0. The van der Waals surface area contributed by atoms with Crippen molar-refractivity contribution < 1.29 is 0 Å². The van der Waals surface area contributed by atoms with Crippen molar-refractivity contribution in [3.05, 3.63) is 140 Å². The molecule has 0 aliphatic carbocycles. The first-order valence-electron chi connectivity index (χ1n) is 13.2. The van der Waals surface area contributed by atoms with Crippen molar-refractivity contribution in [2.24, 2.45) is 0 Å². The van der Waals surface area contributed by atoms with Gasteiger partial charge in [-0.3, -0.25) is 0 Å². The van der Waals surface area contributed by atoms with E-state index in [1.54, 1.807) is 0 Å². The van der Waals surface area contributed by atoms with E-state index in [-0.39, 0.29) is 0 Å². The molecular formula is C36H23N3. The van der Waals surface area contributed by atoms with Crippen LogP contribution in [0.25, 0.3) is 71.6 Å². The van der Waals surface area contributed by atoms with E-state index in [2.05, 4.69) is 132 Å². The van der Waals surface area contributed by atoms with Crippen molar-refractivity contribution in [1.29, 1.82) is 0 Å². The van der Waals surface area contributed by atoms with E-state index in [0.717, 1.165) is 55.2 Å². The van der Waals surface area contributed by atoms with Crippen LogP contribution < -0.4 is 0 Å². The summed E-state index contributed by atoms with van der Waals surface area (Å²) in [6.07, 6.45) is 0. The Bertz CT molecular complexity index is 2160. The van der Waals surface area contributed by atoms with Crippen molar-refractivity contribution in [1.82, 2.24) is 14.8 Å². The number of rotatable bonds is 3. The summed E-state index contributed by atoms with van der Waals surface area (Å²) >= 11 is 0. The smallest absolute Gasteiger partial charge is 0.0934 e. The van der Waals surface area contributed by atoms with E-state index >= 15 is 0 Å². The van der Waals surface area contributed by atoms with Gasteiger partial charge < -0.3 is 0 Å². The van der Waals surface area contributed by atoms with Gasteiger partial charge in [-0.1, -0.05) is 115 Å². The van der Waals surface area contributed by atoms with Crippen molar-refractivity contribution in [3.8, 4) is 28.1 Å². The fourth-order valence-corrected chi connectivity index (χ4v) is 5.80. The zero-order valence-corrected chi connectivity index (χ0v) is 21.1. The van der Waals surface area contributed by atoms with Crippen LogP contribution in [0.5, 0.6) is 0 Å². The standard InChI is InChI=1S/C36H23N3/c1-2-11-26(12-3-1)36-30-15-7-9-17-33(30)38-39(36)27-21-18-25(19-22-27)34-29-14-6-8-16-32(29)37-35-28-13-5-4-10-24(28)20-23-31(34)35/h1-23H. The van der Waals surface area contributed by atoms with Crippen LogP contribution in [0.3, 0.4) is 0 Å². The number of hydrogen-bond donors (Lipinski definition) is 0. The maximum atomic E-state index is 5.11. The Balaban J connectivity index is 1.35. The molecule has 0 amide bonds. The normalized spacial score (nSPS) is 11.6. The summed E-state index contributed by atoms with van der Waals surface area (Å²) < 4.78 is 2.07. The van der Waals surface area contributed by atoms with Crippen LogP contribution in [0.15, 0.2) is 140 Å². The van der Waals surface area contributed by atoms with Gasteiger partial charge in [-0.2, -0.15) is 5.10 Å². The molecular weight excluding hydrogens is 474 g/mol. The fourth-order valence-electron chi connectivity index (χ4n) is 5.80. The van der Waals surface area contributed by atoms with Crippen LogP contribution in [0, 0.1) is 0 Å². The van der Waals surface area contributed by atoms with E-state index in [1.807, 2.05) is 12.1 Å². The maximum absolute atomic E-state index is 5.11. The van der Waals surface area contributed by atoms with Gasteiger partial charge in [-0.15, -0.1) is 0 Å². The third kappa shape index (κ3) is 3.44. The van der Waals surface area contributed by atoms with Crippen LogP contribution >= 0.6 is 0 Å². The number of pyridine rings is 1. The Morgan fingerprint density at radius 2 is 1.10 bits per heavy atom. The summed E-state index contributed by atoms with van der Waals surface area (Å²) in [4.78, 5) is 5.11. The second-order valence-electron chi connectivity index (χ2n) is 9.88. The monoisotopic (exact) mass is 497 g/mol. The van der Waals surface area contributed by atoms with Crippen LogP contribution in [0.4, 0.5) is 0 Å². The highest BCUT2D eigenvalue weighted by Gasteiger charge is 2.16. The number of para-hydroxylation sites is 1. The molecule has 3 heteroatoms. The van der Waals surface area contributed by atoms with Gasteiger partial charge in [0.25, 0.3) is 0 Å². The van der Waals surface area contributed by atoms with Crippen LogP contribution in [-0.2, 0) is 0 Å². The van der Waals surface area contributed by atoms with Gasteiger partial charge in [0.1, 0.15) is 0 Å². The van der Waals surface area contributed by atoms with Crippen molar-refractivity contribution >= 4 is 43.5 Å². The topological polar surface area (TPSA) is 30.7 Å². The zero-order chi connectivity index (χ0) is 25.8. The van der Waals surface area contributed by atoms with E-state index < -0.39 is 0 Å². The Morgan fingerprint density at radius 1 is 0.436 bits per heavy atom. The molecule has 2 heterocycles. The molecule has 0 fully saturated rings. The number of fused-ring (bicyclic) bond motifs is 5. The molecule has 3 nitrogen and oxygen atoms in total. The molecule has 8 rings (SSSR count). The summed E-state index contributed by atoms with van der Waals surface area (Å²) in [5.41, 5.74) is 8.68. The molecule has 0 aliphatic heterocycles. The number of benzene rings is 6. The average Bonchev–Trinajstić information content (AvgIpc) is 3.40. The third-order valence-electron chi connectivity index (χ3n) is 7.60. The zero-order valence-electron chi connectivity index (χ0n) is 21.1. The van der Waals surface area contributed by atoms with Gasteiger partial charge in [0.2, 0.25) is 0 Å². The molecule has 0 aliphatic rings. The lowest BCUT2D eigenvalue weighted by molar-refractivity contribution is 0.904. The van der Waals surface area contributed by atoms with E-state index in [4.69, 9.17) is 10.1 Å². The second-order valence-corrected chi connectivity index (χ2v) is 9.88. The summed E-state index contributed by atoms with van der Waals surface area (Å²) in [5, 5.41) is 10.8. The van der Waals surface area contributed by atoms with Crippen LogP contribution in [-0.4, -0.2) is 14.8 Å². The van der Waals surface area contributed by atoms with Gasteiger partial charge in [0.15, 0.2) is 0 Å². The molecule has 0 N–H and O–H groups in total. The lowest BCUT2D eigenvalue weighted by Gasteiger charge is -2.14. The number of hydrogen-bond acceptors (Lipinski definition) is 2. The molecule has 0 saturated carbocycles. The molecule has 182 valence electrons. The highest BCUT2D eigenvalue weighted by Crippen LogP contribution is 2.38. The molecule has 0 unspecified atom stereocenters. The van der Waals surface area contributed by atoms with E-state index in [1.165, 1.54) is 16.3 Å². The first kappa shape index (κ1) is 21.8. The average molecular weight is 498 g/mol. The van der Waals surface area contributed by atoms with Gasteiger partial charge >= 0.3 is 0 Å². The second kappa shape index (κ2) is 8.64. The number of nitrogens with zero attached hydrogens (tertiary/aromatic N) is 3. The minimum atomic E-state index is 0.985. The van der Waals surface area contributed by atoms with Crippen molar-refractivity contribution in [3.63, 3.8) is 0 Å². The molecule has 6 aromatic carbocycles. The molecule has 0 bridgehead atoms. The van der Waals surface area contributed by atoms with Gasteiger partial charge in [-0.05, 0) is 35.2 Å². The first-order valence-corrected chi connectivity index (χ1v) is 13.2. The Labute approximate surface area is 225 Å². The maximum Gasteiger partial charge on any atom is 0.0934 e. The minimum absolute atomic E-state index is 0.985. The summed E-state index contributed by atoms with van der Waals surface area (Å²) in [7, 11) is 0. The van der Waals surface area contributed by atoms with Crippen LogP contribution in [0.1, 0.15) is 0 Å². The third-order valence-corrected chi connectivity index (χ3v) is 7.60. The predicted molar refractivity (Wildman–Crippen MR) is 162 cm³/mol. The molecule has 0 radical (unpaired) electrons. The summed E-state index contributed by atoms with van der Waals surface area (Å²) in [6.45, 7) is 0. The highest BCUT2D eigenvalue weighted by atomic mass is 15.3. The lowest BCUT2D eigenvalue weighted by Crippen LogP contribution is -1.99. The molecule has 0 atom stereocenters. The van der Waals surface area contributed by atoms with E-state index in [0.29, 0.717) is 0 Å². The Morgan fingerprint density at radius 3 is 1.92 bits per heavy atom. The lowest BCUT2D eigenvalue weighted by atomic mass is 9.94. The van der Waals surface area contributed by atoms with Gasteiger partial charge in [0.05, 0.1) is 27.9 Å². The highest BCUT2D eigenvalue weighted by molar-refractivity contribution is 6.16. The predicted octanol–water partition coefficient (Wildman–Crippen LogP) is 9.21. The largest absolute Gasteiger partial charge is 0.247 e. The van der Waals surface area contributed by atoms with Crippen LogP contribution in [0.2, 0.25) is 0 Å². The Hall–Kier alpha value is -5.28. The number of aromatic nitrogens is 3. The quantitative estimate of drug-likeness (QED) is 0.180. The minimum Gasteiger partial charge on any atom is -0.247 e. The van der Waals surface area contributed by atoms with Gasteiger partial charge in [0, 0.05) is 32.7 Å². The van der Waals surface area contributed by atoms with Crippen molar-refractivity contribution in [2.75, 3.05) is 0 Å². The molecule has 0 spiro atoms. The van der Waals surface area contributed by atoms with Gasteiger partial charge in [-0.25, -0.2) is 9.67 Å². The Kier molecular flexibility index (Phi) is 4.82. The first-order chi connectivity index (χ1) is 19.3. The summed E-state index contributed by atoms with van der Waals surface area (Å²) in [5.74, 6) is 0. The van der Waals surface area contributed by atoms with Crippen molar-refractivity contribution in [2.45, 2.75) is 0 Å². The SMILES string of the molecule is c1ccc(-c2c3ccccc3nn2-c2ccc(-c3c4ccccc4nc4c3ccc3ccccc34)cc2)cc1. The molecule has 39 heavy (non-hydrogen) atoms. The summed E-state index contributed by atoms with van der Waals surface area (Å²) in [6, 6.07) is 49.0. The molecule has 8 aromatic rings. The molecule has 2 aromatic heterocycles. The van der Waals surface area contributed by atoms with E-state index in [9.17, 15) is 0 Å².